The minimum atomic E-state index is -0.701. The van der Waals surface area contributed by atoms with Gasteiger partial charge in [-0.25, -0.2) is 9.59 Å². The maximum atomic E-state index is 12.7. The molecule has 0 saturated carbocycles. The highest BCUT2D eigenvalue weighted by atomic mass is 16.5. The van der Waals surface area contributed by atoms with Crippen molar-refractivity contribution in [2.45, 2.75) is 65.2 Å². The second-order valence-corrected chi connectivity index (χ2v) is 7.60. The average Bonchev–Trinajstić information content (AvgIpc) is 2.78. The molecule has 166 valence electrons. The number of rotatable bonds is 13. The van der Waals surface area contributed by atoms with Gasteiger partial charge in [-0.1, -0.05) is 76.1 Å². The van der Waals surface area contributed by atoms with Gasteiger partial charge < -0.3 is 9.47 Å². The first-order chi connectivity index (χ1) is 15.0. The summed E-state index contributed by atoms with van der Waals surface area (Å²) in [6, 6.07) is 12.9. The number of Topliss-reactive ketones (excluding diaryl/α,β-unsaturated/α-hetero) is 1. The van der Waals surface area contributed by atoms with Gasteiger partial charge in [0.25, 0.3) is 0 Å². The number of hydrogen-bond acceptors (Lipinski definition) is 5. The molecule has 0 saturated heterocycles. The van der Waals surface area contributed by atoms with E-state index in [1.54, 1.807) is 42.5 Å². The Bertz CT molecular complexity index is 872. The van der Waals surface area contributed by atoms with E-state index in [1.807, 2.05) is 0 Å². The van der Waals surface area contributed by atoms with Gasteiger partial charge in [0.2, 0.25) is 0 Å². The van der Waals surface area contributed by atoms with Crippen molar-refractivity contribution < 1.29 is 23.9 Å². The minimum Gasteiger partial charge on any atom is -0.462 e. The number of para-hydroxylation sites is 1. The summed E-state index contributed by atoms with van der Waals surface area (Å²) in [6.07, 6.45) is 9.26. The van der Waals surface area contributed by atoms with Crippen molar-refractivity contribution in [3.05, 3.63) is 65.2 Å². The molecular formula is C26H32O5. The standard InChI is InChI=1S/C26H32O5/c1-3-4-5-6-7-8-9-14-19-30-25(28)22-16-10-11-17-23(22)26(29)31-24-18-13-12-15-21(24)20(2)27/h10-13,15-18H,3-9,14,19H2,1-2H3. The number of ether oxygens (including phenoxy) is 2. The van der Waals surface area contributed by atoms with Crippen LogP contribution in [-0.2, 0) is 4.74 Å². The molecular weight excluding hydrogens is 392 g/mol. The topological polar surface area (TPSA) is 69.7 Å². The molecule has 0 atom stereocenters. The van der Waals surface area contributed by atoms with Crippen molar-refractivity contribution >= 4 is 17.7 Å². The summed E-state index contributed by atoms with van der Waals surface area (Å²) in [5.74, 6) is -1.28. The molecule has 0 aliphatic rings. The summed E-state index contributed by atoms with van der Waals surface area (Å²) in [6.45, 7) is 3.94. The lowest BCUT2D eigenvalue weighted by Crippen LogP contribution is -2.17. The highest BCUT2D eigenvalue weighted by Crippen LogP contribution is 2.21. The van der Waals surface area contributed by atoms with E-state index in [0.29, 0.717) is 12.2 Å². The molecule has 0 unspecified atom stereocenters. The fourth-order valence-corrected chi connectivity index (χ4v) is 3.32. The van der Waals surface area contributed by atoms with Gasteiger partial charge >= 0.3 is 11.9 Å². The number of unbranched alkanes of at least 4 members (excludes halogenated alkanes) is 7. The first-order valence-electron chi connectivity index (χ1n) is 11.1. The van der Waals surface area contributed by atoms with Crippen LogP contribution in [0, 0.1) is 0 Å². The Kier molecular flexibility index (Phi) is 10.5. The Morgan fingerprint density at radius 3 is 1.81 bits per heavy atom. The smallest absolute Gasteiger partial charge is 0.344 e. The van der Waals surface area contributed by atoms with Crippen molar-refractivity contribution in [2.75, 3.05) is 6.61 Å². The lowest BCUT2D eigenvalue weighted by atomic mass is 10.1. The molecule has 0 bridgehead atoms. The van der Waals surface area contributed by atoms with Crippen LogP contribution in [-0.4, -0.2) is 24.3 Å². The third-order valence-electron chi connectivity index (χ3n) is 5.07. The van der Waals surface area contributed by atoms with Crippen LogP contribution in [0.5, 0.6) is 5.75 Å². The molecule has 5 nitrogen and oxygen atoms in total. The molecule has 0 amide bonds. The Morgan fingerprint density at radius 1 is 0.677 bits per heavy atom. The van der Waals surface area contributed by atoms with Crippen molar-refractivity contribution in [3.8, 4) is 5.75 Å². The molecule has 5 heteroatoms. The first kappa shape index (κ1) is 24.3. The van der Waals surface area contributed by atoms with Gasteiger partial charge in [0, 0.05) is 0 Å². The van der Waals surface area contributed by atoms with Gasteiger partial charge in [-0.15, -0.1) is 0 Å². The maximum Gasteiger partial charge on any atom is 0.344 e. The number of benzene rings is 2. The van der Waals surface area contributed by atoms with E-state index < -0.39 is 11.9 Å². The van der Waals surface area contributed by atoms with Gasteiger partial charge in [0.15, 0.2) is 5.78 Å². The monoisotopic (exact) mass is 424 g/mol. The second kappa shape index (κ2) is 13.4. The van der Waals surface area contributed by atoms with E-state index >= 15 is 0 Å². The molecule has 0 aliphatic heterocycles. The number of carbonyl (C=O) groups excluding carboxylic acids is 3. The zero-order valence-electron chi connectivity index (χ0n) is 18.5. The average molecular weight is 425 g/mol. The lowest BCUT2D eigenvalue weighted by molar-refractivity contribution is 0.0489. The normalized spacial score (nSPS) is 10.5. The number of ketones is 1. The summed E-state index contributed by atoms with van der Waals surface area (Å²) in [5, 5.41) is 0. The summed E-state index contributed by atoms with van der Waals surface area (Å²) >= 11 is 0. The summed E-state index contributed by atoms with van der Waals surface area (Å²) in [5.41, 5.74) is 0.583. The summed E-state index contributed by atoms with van der Waals surface area (Å²) in [4.78, 5) is 37.0. The van der Waals surface area contributed by atoms with E-state index in [2.05, 4.69) is 6.92 Å². The van der Waals surface area contributed by atoms with Crippen LogP contribution in [0.2, 0.25) is 0 Å². The number of hydrogen-bond donors (Lipinski definition) is 0. The molecule has 31 heavy (non-hydrogen) atoms. The third kappa shape index (κ3) is 8.00. The summed E-state index contributed by atoms with van der Waals surface area (Å²) in [7, 11) is 0. The molecule has 0 radical (unpaired) electrons. The molecule has 0 N–H and O–H groups in total. The molecule has 2 aromatic carbocycles. The van der Waals surface area contributed by atoms with Crippen molar-refractivity contribution in [1.29, 1.82) is 0 Å². The molecule has 2 rings (SSSR count). The zero-order chi connectivity index (χ0) is 22.5. The van der Waals surface area contributed by atoms with E-state index in [9.17, 15) is 14.4 Å². The number of esters is 2. The van der Waals surface area contributed by atoms with E-state index in [1.165, 1.54) is 45.1 Å². The van der Waals surface area contributed by atoms with Crippen LogP contribution in [0.15, 0.2) is 48.5 Å². The quantitative estimate of drug-likeness (QED) is 0.161. The van der Waals surface area contributed by atoms with Gasteiger partial charge in [0.1, 0.15) is 5.75 Å². The van der Waals surface area contributed by atoms with Gasteiger partial charge in [-0.05, 0) is 37.6 Å². The molecule has 0 fully saturated rings. The van der Waals surface area contributed by atoms with E-state index in [4.69, 9.17) is 9.47 Å². The highest BCUT2D eigenvalue weighted by molar-refractivity contribution is 6.04. The molecule has 0 aliphatic carbocycles. The Morgan fingerprint density at radius 2 is 1.19 bits per heavy atom. The van der Waals surface area contributed by atoms with Crippen LogP contribution in [0.4, 0.5) is 0 Å². The Balaban J connectivity index is 1.89. The van der Waals surface area contributed by atoms with E-state index in [-0.39, 0.29) is 22.7 Å². The van der Waals surface area contributed by atoms with E-state index in [0.717, 1.165) is 19.3 Å². The Hall–Kier alpha value is -2.95. The SMILES string of the molecule is CCCCCCCCCCOC(=O)c1ccccc1C(=O)Oc1ccccc1C(C)=O. The predicted octanol–water partition coefficient (Wildman–Crippen LogP) is 6.41. The first-order valence-corrected chi connectivity index (χ1v) is 11.1. The van der Waals surface area contributed by atoms with Crippen LogP contribution in [0.1, 0.15) is 96.3 Å². The summed E-state index contributed by atoms with van der Waals surface area (Å²) < 4.78 is 10.8. The lowest BCUT2D eigenvalue weighted by Gasteiger charge is -2.11. The zero-order valence-corrected chi connectivity index (χ0v) is 18.5. The van der Waals surface area contributed by atoms with Crippen molar-refractivity contribution in [3.63, 3.8) is 0 Å². The van der Waals surface area contributed by atoms with Crippen LogP contribution in [0.25, 0.3) is 0 Å². The largest absolute Gasteiger partial charge is 0.462 e. The maximum absolute atomic E-state index is 12.7. The second-order valence-electron chi connectivity index (χ2n) is 7.60. The molecule has 0 heterocycles. The van der Waals surface area contributed by atoms with Gasteiger partial charge in [-0.2, -0.15) is 0 Å². The molecule has 0 aromatic heterocycles. The van der Waals surface area contributed by atoms with Crippen LogP contribution in [0.3, 0.4) is 0 Å². The third-order valence-corrected chi connectivity index (χ3v) is 5.07. The Labute approximate surface area is 184 Å². The van der Waals surface area contributed by atoms with Gasteiger partial charge in [0.05, 0.1) is 23.3 Å². The van der Waals surface area contributed by atoms with Crippen molar-refractivity contribution in [1.82, 2.24) is 0 Å². The van der Waals surface area contributed by atoms with Crippen LogP contribution >= 0.6 is 0 Å². The fraction of sp³-hybridized carbons (Fsp3) is 0.423. The number of carbonyl (C=O) groups is 3. The van der Waals surface area contributed by atoms with Crippen molar-refractivity contribution in [2.24, 2.45) is 0 Å². The van der Waals surface area contributed by atoms with Crippen LogP contribution < -0.4 is 4.74 Å². The minimum absolute atomic E-state index is 0.113. The predicted molar refractivity (Wildman–Crippen MR) is 121 cm³/mol. The highest BCUT2D eigenvalue weighted by Gasteiger charge is 2.21. The fourth-order valence-electron chi connectivity index (χ4n) is 3.32. The molecule has 0 spiro atoms. The van der Waals surface area contributed by atoms with Gasteiger partial charge in [-0.3, -0.25) is 4.79 Å². The molecule has 2 aromatic rings.